The van der Waals surface area contributed by atoms with Gasteiger partial charge in [-0.25, -0.2) is 0 Å². The maximum absolute atomic E-state index is 10.8. The first kappa shape index (κ1) is 13.6. The van der Waals surface area contributed by atoms with Crippen LogP contribution in [0.5, 0.6) is 0 Å². The third-order valence-electron chi connectivity index (χ3n) is 4.50. The molecule has 1 fully saturated rings. The van der Waals surface area contributed by atoms with Crippen molar-refractivity contribution < 1.29 is 5.11 Å². The van der Waals surface area contributed by atoms with Gasteiger partial charge in [-0.3, -0.25) is 0 Å². The predicted molar refractivity (Wildman–Crippen MR) is 76.7 cm³/mol. The van der Waals surface area contributed by atoms with Gasteiger partial charge in [0.25, 0.3) is 0 Å². The van der Waals surface area contributed by atoms with Crippen LogP contribution < -0.4 is 0 Å². The highest BCUT2D eigenvalue weighted by atomic mass is 16.3. The van der Waals surface area contributed by atoms with Crippen molar-refractivity contribution in [1.82, 2.24) is 0 Å². The van der Waals surface area contributed by atoms with E-state index in [-0.39, 0.29) is 0 Å². The van der Waals surface area contributed by atoms with Crippen LogP contribution in [0.3, 0.4) is 0 Å². The van der Waals surface area contributed by atoms with E-state index in [9.17, 15) is 5.11 Å². The second kappa shape index (κ2) is 5.88. The summed E-state index contributed by atoms with van der Waals surface area (Å²) in [4.78, 5) is 0. The molecule has 0 bridgehead atoms. The van der Waals surface area contributed by atoms with E-state index < -0.39 is 5.60 Å². The van der Waals surface area contributed by atoms with Crippen molar-refractivity contribution in [2.45, 2.75) is 64.4 Å². The maximum atomic E-state index is 10.8. The molecule has 0 radical (unpaired) electrons. The molecule has 1 heteroatoms. The quantitative estimate of drug-likeness (QED) is 0.790. The highest BCUT2D eigenvalue weighted by Gasteiger charge is 2.30. The molecule has 2 atom stereocenters. The fourth-order valence-corrected chi connectivity index (χ4v) is 3.13. The van der Waals surface area contributed by atoms with Gasteiger partial charge in [0.1, 0.15) is 0 Å². The Balaban J connectivity index is 2.00. The minimum absolute atomic E-state index is 0.459. The molecule has 0 aliphatic heterocycles. The fourth-order valence-electron chi connectivity index (χ4n) is 3.13. The molecule has 1 saturated carbocycles. The molecule has 1 N–H and O–H groups in total. The third-order valence-corrected chi connectivity index (χ3v) is 4.50. The molecule has 0 saturated heterocycles. The Labute approximate surface area is 111 Å². The second-order valence-electron chi connectivity index (χ2n) is 6.09. The minimum Gasteiger partial charge on any atom is -0.390 e. The van der Waals surface area contributed by atoms with Gasteiger partial charge < -0.3 is 5.11 Å². The highest BCUT2D eigenvalue weighted by Crippen LogP contribution is 2.34. The monoisotopic (exact) mass is 246 g/mol. The van der Waals surface area contributed by atoms with Crippen LogP contribution in [0.4, 0.5) is 0 Å². The largest absolute Gasteiger partial charge is 0.390 e. The number of rotatable bonds is 3. The Morgan fingerprint density at radius 1 is 1.17 bits per heavy atom. The average Bonchev–Trinajstić information content (AvgIpc) is 2.54. The number of hydrogen-bond acceptors (Lipinski definition) is 1. The molecule has 0 heterocycles. The van der Waals surface area contributed by atoms with Crippen LogP contribution in [-0.4, -0.2) is 10.7 Å². The summed E-state index contributed by atoms with van der Waals surface area (Å²) >= 11 is 0. The van der Waals surface area contributed by atoms with E-state index in [1.807, 2.05) is 0 Å². The molecule has 100 valence electrons. The Morgan fingerprint density at radius 3 is 2.56 bits per heavy atom. The van der Waals surface area contributed by atoms with Crippen LogP contribution in [0.15, 0.2) is 24.3 Å². The van der Waals surface area contributed by atoms with Gasteiger partial charge in [0.15, 0.2) is 0 Å². The van der Waals surface area contributed by atoms with Crippen molar-refractivity contribution >= 4 is 0 Å². The van der Waals surface area contributed by atoms with Crippen molar-refractivity contribution in [2.75, 3.05) is 0 Å². The van der Waals surface area contributed by atoms with Gasteiger partial charge in [0.05, 0.1) is 5.60 Å². The summed E-state index contributed by atoms with van der Waals surface area (Å²) in [6, 6.07) is 8.61. The Kier molecular flexibility index (Phi) is 4.45. The smallest absolute Gasteiger partial charge is 0.0688 e. The maximum Gasteiger partial charge on any atom is 0.0688 e. The van der Waals surface area contributed by atoms with Gasteiger partial charge in [-0.15, -0.1) is 0 Å². The molecule has 1 nitrogen and oxygen atoms in total. The Hall–Kier alpha value is -0.820. The molecule has 1 aliphatic carbocycles. The van der Waals surface area contributed by atoms with Gasteiger partial charge in [-0.05, 0) is 37.7 Å². The van der Waals surface area contributed by atoms with Crippen molar-refractivity contribution in [3.05, 3.63) is 35.4 Å². The van der Waals surface area contributed by atoms with E-state index in [1.54, 1.807) is 0 Å². The normalized spacial score (nSPS) is 28.9. The Bertz CT molecular complexity index is 368. The van der Waals surface area contributed by atoms with E-state index >= 15 is 0 Å². The lowest BCUT2D eigenvalue weighted by Crippen LogP contribution is -2.30. The molecule has 0 spiro atoms. The van der Waals surface area contributed by atoms with Crippen LogP contribution in [0, 0.1) is 12.8 Å². The molecule has 1 aliphatic rings. The van der Waals surface area contributed by atoms with Gasteiger partial charge in [-0.1, -0.05) is 56.0 Å². The molecule has 2 rings (SSSR count). The van der Waals surface area contributed by atoms with Crippen LogP contribution in [-0.2, 0) is 6.42 Å². The zero-order valence-corrected chi connectivity index (χ0v) is 11.8. The lowest BCUT2D eigenvalue weighted by Gasteiger charge is -2.27. The van der Waals surface area contributed by atoms with Gasteiger partial charge in [-0.2, -0.15) is 0 Å². The number of benzene rings is 1. The minimum atomic E-state index is -0.459. The summed E-state index contributed by atoms with van der Waals surface area (Å²) in [6.07, 6.45) is 7.70. The first-order valence-corrected chi connectivity index (χ1v) is 7.39. The summed E-state index contributed by atoms with van der Waals surface area (Å²) < 4.78 is 0. The van der Waals surface area contributed by atoms with Gasteiger partial charge >= 0.3 is 0 Å². The van der Waals surface area contributed by atoms with Crippen molar-refractivity contribution in [1.29, 1.82) is 0 Å². The second-order valence-corrected chi connectivity index (χ2v) is 6.09. The van der Waals surface area contributed by atoms with Gasteiger partial charge in [0, 0.05) is 6.42 Å². The number of hydrogen-bond donors (Lipinski definition) is 1. The molecule has 18 heavy (non-hydrogen) atoms. The summed E-state index contributed by atoms with van der Waals surface area (Å²) in [6.45, 7) is 4.38. The van der Waals surface area contributed by atoms with E-state index in [0.717, 1.165) is 25.2 Å². The lowest BCUT2D eigenvalue weighted by molar-refractivity contribution is 0.0242. The standard InChI is InChI=1S/C17H26O/c1-3-15-5-4-11-17(18,12-10-15)13-16-8-6-14(2)7-9-16/h6-9,15,18H,3-5,10-13H2,1-2H3. The van der Waals surface area contributed by atoms with Crippen LogP contribution >= 0.6 is 0 Å². The van der Waals surface area contributed by atoms with Crippen molar-refractivity contribution in [3.8, 4) is 0 Å². The van der Waals surface area contributed by atoms with Crippen LogP contribution in [0.2, 0.25) is 0 Å². The third kappa shape index (κ3) is 3.58. The van der Waals surface area contributed by atoms with Crippen molar-refractivity contribution in [2.24, 2.45) is 5.92 Å². The topological polar surface area (TPSA) is 20.2 Å². The summed E-state index contributed by atoms with van der Waals surface area (Å²) in [5.74, 6) is 0.831. The summed E-state index contributed by atoms with van der Waals surface area (Å²) in [5.41, 5.74) is 2.11. The molecule has 0 aromatic heterocycles. The lowest BCUT2D eigenvalue weighted by atomic mass is 9.87. The number of aryl methyl sites for hydroxylation is 1. The highest BCUT2D eigenvalue weighted by molar-refractivity contribution is 5.22. The molecule has 1 aromatic carbocycles. The van der Waals surface area contributed by atoms with E-state index in [1.165, 1.54) is 36.8 Å². The first-order valence-electron chi connectivity index (χ1n) is 7.39. The van der Waals surface area contributed by atoms with Crippen molar-refractivity contribution in [3.63, 3.8) is 0 Å². The van der Waals surface area contributed by atoms with E-state index in [0.29, 0.717) is 0 Å². The van der Waals surface area contributed by atoms with E-state index in [2.05, 4.69) is 38.1 Å². The molecule has 2 unspecified atom stereocenters. The van der Waals surface area contributed by atoms with Crippen LogP contribution in [0.1, 0.15) is 56.6 Å². The van der Waals surface area contributed by atoms with Crippen LogP contribution in [0.25, 0.3) is 0 Å². The predicted octanol–water partition coefficient (Wildman–Crippen LogP) is 4.26. The summed E-state index contributed by atoms with van der Waals surface area (Å²) in [5, 5.41) is 10.8. The summed E-state index contributed by atoms with van der Waals surface area (Å²) in [7, 11) is 0. The van der Waals surface area contributed by atoms with Gasteiger partial charge in [0.2, 0.25) is 0 Å². The number of aliphatic hydroxyl groups is 1. The average molecular weight is 246 g/mol. The fraction of sp³-hybridized carbons (Fsp3) is 0.647. The van der Waals surface area contributed by atoms with E-state index in [4.69, 9.17) is 0 Å². The molecular formula is C17H26O. The zero-order chi connectivity index (χ0) is 13.0. The molecule has 1 aromatic rings. The Morgan fingerprint density at radius 2 is 1.89 bits per heavy atom. The molecular weight excluding hydrogens is 220 g/mol. The first-order chi connectivity index (χ1) is 8.61. The molecule has 0 amide bonds. The SMILES string of the molecule is CCC1CCCC(O)(Cc2ccc(C)cc2)CC1. The zero-order valence-electron chi connectivity index (χ0n) is 11.8.